The Morgan fingerprint density at radius 1 is 1.00 bits per heavy atom. The lowest BCUT2D eigenvalue weighted by Crippen LogP contribution is -2.52. The van der Waals surface area contributed by atoms with Gasteiger partial charge in [-0.1, -0.05) is 48.5 Å². The lowest BCUT2D eigenvalue weighted by molar-refractivity contribution is -0.141. The van der Waals surface area contributed by atoms with Gasteiger partial charge >= 0.3 is 0 Å². The number of amides is 4. The Hall–Kier alpha value is -4.05. The van der Waals surface area contributed by atoms with Gasteiger partial charge in [0.15, 0.2) is 0 Å². The van der Waals surface area contributed by atoms with Crippen LogP contribution in [-0.2, 0) is 25.7 Å². The van der Waals surface area contributed by atoms with Crippen molar-refractivity contribution in [2.24, 2.45) is 5.92 Å². The molecule has 1 fully saturated rings. The maximum Gasteiger partial charge on any atom is 0.289 e. The minimum absolute atomic E-state index is 0.000571. The molecule has 2 atom stereocenters. The van der Waals surface area contributed by atoms with Gasteiger partial charge in [0.25, 0.3) is 11.8 Å². The first-order valence-electron chi connectivity index (χ1n) is 12.1. The lowest BCUT2D eigenvalue weighted by atomic mass is 9.90. The van der Waals surface area contributed by atoms with E-state index in [1.807, 2.05) is 54.6 Å². The summed E-state index contributed by atoms with van der Waals surface area (Å²) in [5.74, 6) is -3.43. The molecule has 2 heterocycles. The SMILES string of the molecule is O=C(CNC(=O)c1cc2ccccc2s1)N[C@@H](C[C@@H]1CCCNC1=O)C(=O)C(=O)NCc1ccccc1. The van der Waals surface area contributed by atoms with Gasteiger partial charge in [-0.05, 0) is 42.3 Å². The van der Waals surface area contributed by atoms with E-state index < -0.39 is 35.5 Å². The van der Waals surface area contributed by atoms with Crippen LogP contribution in [0.1, 0.15) is 34.5 Å². The van der Waals surface area contributed by atoms with Crippen LogP contribution in [0.25, 0.3) is 10.1 Å². The van der Waals surface area contributed by atoms with Crippen molar-refractivity contribution in [1.82, 2.24) is 21.3 Å². The third kappa shape index (κ3) is 7.01. The molecule has 4 amide bonds. The van der Waals surface area contributed by atoms with Crippen molar-refractivity contribution in [1.29, 1.82) is 0 Å². The van der Waals surface area contributed by atoms with Gasteiger partial charge in [-0.3, -0.25) is 24.0 Å². The van der Waals surface area contributed by atoms with E-state index >= 15 is 0 Å². The second-order valence-electron chi connectivity index (χ2n) is 8.85. The molecule has 1 saturated heterocycles. The largest absolute Gasteiger partial charge is 0.356 e. The molecule has 9 nitrogen and oxygen atoms in total. The summed E-state index contributed by atoms with van der Waals surface area (Å²) in [5.41, 5.74) is 0.819. The molecule has 0 aliphatic carbocycles. The van der Waals surface area contributed by atoms with Gasteiger partial charge < -0.3 is 21.3 Å². The summed E-state index contributed by atoms with van der Waals surface area (Å²) >= 11 is 1.31. The van der Waals surface area contributed by atoms with Crippen LogP contribution < -0.4 is 21.3 Å². The standard InChI is InChI=1S/C27H28N4O5S/c32-23(16-30-26(35)22-14-18-9-4-5-11-21(18)37-22)31-20(13-19-10-6-12-28-25(19)34)24(33)27(36)29-15-17-7-2-1-3-8-17/h1-5,7-9,11,14,19-20H,6,10,12-13,15-16H2,(H,28,34)(H,29,36)(H,30,35)(H,31,32)/t19-,20-/m0/s1. The van der Waals surface area contributed by atoms with Gasteiger partial charge in [0.1, 0.15) is 0 Å². The Balaban J connectivity index is 1.37. The van der Waals surface area contributed by atoms with E-state index in [4.69, 9.17) is 0 Å². The van der Waals surface area contributed by atoms with Crippen molar-refractivity contribution in [3.8, 4) is 0 Å². The number of ketones is 1. The molecule has 0 radical (unpaired) electrons. The molecule has 1 aliphatic heterocycles. The number of hydrogen-bond donors (Lipinski definition) is 4. The van der Waals surface area contributed by atoms with Crippen molar-refractivity contribution >= 4 is 50.8 Å². The molecule has 10 heteroatoms. The van der Waals surface area contributed by atoms with E-state index in [1.54, 1.807) is 6.07 Å². The molecule has 1 aliphatic rings. The van der Waals surface area contributed by atoms with Crippen LogP contribution in [0.4, 0.5) is 0 Å². The quantitative estimate of drug-likeness (QED) is 0.303. The zero-order chi connectivity index (χ0) is 26.2. The number of rotatable bonds is 10. The molecule has 0 spiro atoms. The van der Waals surface area contributed by atoms with Crippen LogP contribution in [0.15, 0.2) is 60.7 Å². The molecule has 2 aromatic carbocycles. The molecule has 3 aromatic rings. The highest BCUT2D eigenvalue weighted by atomic mass is 32.1. The van der Waals surface area contributed by atoms with Gasteiger partial charge in [-0.25, -0.2) is 0 Å². The zero-order valence-corrected chi connectivity index (χ0v) is 20.9. The van der Waals surface area contributed by atoms with E-state index in [0.29, 0.717) is 17.8 Å². The Bertz CT molecular complexity index is 1270. The van der Waals surface area contributed by atoms with E-state index in [2.05, 4.69) is 21.3 Å². The molecular formula is C27H28N4O5S. The Morgan fingerprint density at radius 2 is 1.76 bits per heavy atom. The molecule has 4 rings (SSSR count). The topological polar surface area (TPSA) is 133 Å². The van der Waals surface area contributed by atoms with Crippen molar-refractivity contribution in [2.45, 2.75) is 31.8 Å². The monoisotopic (exact) mass is 520 g/mol. The van der Waals surface area contributed by atoms with Crippen LogP contribution in [0.5, 0.6) is 0 Å². The fourth-order valence-electron chi connectivity index (χ4n) is 4.19. The molecule has 4 N–H and O–H groups in total. The third-order valence-corrected chi connectivity index (χ3v) is 7.26. The van der Waals surface area contributed by atoms with Gasteiger partial charge in [-0.15, -0.1) is 11.3 Å². The maximum atomic E-state index is 13.0. The van der Waals surface area contributed by atoms with Gasteiger partial charge in [0.05, 0.1) is 17.5 Å². The van der Waals surface area contributed by atoms with Gasteiger partial charge in [-0.2, -0.15) is 0 Å². The van der Waals surface area contributed by atoms with Crippen LogP contribution in [0.2, 0.25) is 0 Å². The minimum Gasteiger partial charge on any atom is -0.356 e. The van der Waals surface area contributed by atoms with E-state index in [-0.39, 0.29) is 25.4 Å². The first-order valence-corrected chi connectivity index (χ1v) is 12.9. The number of carbonyl (C=O) groups is 5. The third-order valence-electron chi connectivity index (χ3n) is 6.15. The first kappa shape index (κ1) is 26.0. The molecular weight excluding hydrogens is 492 g/mol. The lowest BCUT2D eigenvalue weighted by Gasteiger charge is -2.26. The summed E-state index contributed by atoms with van der Waals surface area (Å²) < 4.78 is 0.954. The maximum absolute atomic E-state index is 13.0. The summed E-state index contributed by atoms with van der Waals surface area (Å²) in [6.45, 7) is 0.336. The Kier molecular flexibility index (Phi) is 8.63. The molecule has 0 unspecified atom stereocenters. The molecule has 37 heavy (non-hydrogen) atoms. The van der Waals surface area contributed by atoms with Crippen LogP contribution in [-0.4, -0.2) is 48.5 Å². The molecule has 0 saturated carbocycles. The van der Waals surface area contributed by atoms with Crippen molar-refractivity contribution in [3.05, 3.63) is 71.1 Å². The van der Waals surface area contributed by atoms with Crippen LogP contribution in [0, 0.1) is 5.92 Å². The second kappa shape index (κ2) is 12.3. The highest BCUT2D eigenvalue weighted by molar-refractivity contribution is 7.20. The average Bonchev–Trinajstić information content (AvgIpc) is 3.36. The predicted octanol–water partition coefficient (Wildman–Crippen LogP) is 1.92. The number of hydrogen-bond acceptors (Lipinski definition) is 6. The zero-order valence-electron chi connectivity index (χ0n) is 20.1. The summed E-state index contributed by atoms with van der Waals surface area (Å²) in [6, 6.07) is 17.2. The van der Waals surface area contributed by atoms with E-state index in [9.17, 15) is 24.0 Å². The number of carbonyl (C=O) groups excluding carboxylic acids is 5. The fraction of sp³-hybridized carbons (Fsp3) is 0.296. The van der Waals surface area contributed by atoms with Gasteiger partial charge in [0, 0.05) is 23.7 Å². The normalized spacial score (nSPS) is 15.9. The smallest absolute Gasteiger partial charge is 0.289 e. The predicted molar refractivity (Wildman–Crippen MR) is 140 cm³/mol. The average molecular weight is 521 g/mol. The fourth-order valence-corrected chi connectivity index (χ4v) is 5.17. The molecule has 192 valence electrons. The number of fused-ring (bicyclic) bond motifs is 1. The van der Waals surface area contributed by atoms with Crippen LogP contribution in [0.3, 0.4) is 0 Å². The van der Waals surface area contributed by atoms with Crippen molar-refractivity contribution in [2.75, 3.05) is 13.1 Å². The number of Topliss-reactive ketones (excluding diaryl/α,β-unsaturated/α-hetero) is 1. The van der Waals surface area contributed by atoms with Gasteiger partial charge in [0.2, 0.25) is 17.6 Å². The molecule has 0 bridgehead atoms. The summed E-state index contributed by atoms with van der Waals surface area (Å²) in [4.78, 5) is 63.6. The Labute approximate surface area is 218 Å². The number of nitrogens with one attached hydrogen (secondary N) is 4. The highest BCUT2D eigenvalue weighted by Gasteiger charge is 2.33. The highest BCUT2D eigenvalue weighted by Crippen LogP contribution is 2.25. The second-order valence-corrected chi connectivity index (χ2v) is 9.93. The van der Waals surface area contributed by atoms with Crippen molar-refractivity contribution < 1.29 is 24.0 Å². The van der Waals surface area contributed by atoms with Crippen LogP contribution >= 0.6 is 11.3 Å². The number of benzene rings is 2. The summed E-state index contributed by atoms with van der Waals surface area (Å²) in [7, 11) is 0. The van der Waals surface area contributed by atoms with E-state index in [0.717, 1.165) is 22.1 Å². The number of piperidine rings is 1. The first-order chi connectivity index (χ1) is 17.9. The summed E-state index contributed by atoms with van der Waals surface area (Å²) in [5, 5.41) is 11.4. The molecule has 1 aromatic heterocycles. The van der Waals surface area contributed by atoms with Crippen molar-refractivity contribution in [3.63, 3.8) is 0 Å². The Morgan fingerprint density at radius 3 is 2.51 bits per heavy atom. The summed E-state index contributed by atoms with van der Waals surface area (Å²) in [6.07, 6.45) is 1.30. The minimum atomic E-state index is -1.20. The van der Waals surface area contributed by atoms with E-state index in [1.165, 1.54) is 11.3 Å². The number of thiophene rings is 1.